The summed E-state index contributed by atoms with van der Waals surface area (Å²) in [6.07, 6.45) is 16.8. The fourth-order valence-corrected chi connectivity index (χ4v) is 20.9. The van der Waals surface area contributed by atoms with Crippen LogP contribution in [0.25, 0.3) is 66.1 Å². The van der Waals surface area contributed by atoms with Crippen molar-refractivity contribution >= 4 is 103 Å². The lowest BCUT2D eigenvalue weighted by molar-refractivity contribution is -0.158. The zero-order valence-corrected chi connectivity index (χ0v) is 65.2. The maximum Gasteiger partial charge on any atom is 0.306 e. The van der Waals surface area contributed by atoms with Crippen molar-refractivity contribution in [1.29, 1.82) is 0 Å². The lowest BCUT2D eigenvalue weighted by Crippen LogP contribution is -2.53. The summed E-state index contributed by atoms with van der Waals surface area (Å²) in [6, 6.07) is 67.0. The van der Waals surface area contributed by atoms with E-state index in [0.29, 0.717) is 82.0 Å². The van der Waals surface area contributed by atoms with Crippen LogP contribution in [-0.4, -0.2) is 93.1 Å². The third kappa shape index (κ3) is 14.5. The van der Waals surface area contributed by atoms with Crippen LogP contribution < -0.4 is 0 Å². The average molecular weight is 1570 g/mol. The van der Waals surface area contributed by atoms with Crippen molar-refractivity contribution in [3.63, 3.8) is 0 Å². The van der Waals surface area contributed by atoms with Crippen LogP contribution in [0.4, 0.5) is 0 Å². The molecular weight excluding hydrogens is 1480 g/mol. The molecule has 4 heterocycles. The first kappa shape index (κ1) is 75.3. The Morgan fingerprint density at radius 3 is 1.10 bits per heavy atom. The quantitative estimate of drug-likeness (QED) is 0.0570. The standard InChI is InChI=1S/C32H29ClN2O4.2C31H29ClN2O3/c33-27-11-10-25(28(36)12-20-13-31(14-20)15-23(16-31)30(37)38)29-26(27)17-34-35(29)32(18-39-19-32)24-8-6-22(7-9-24)21-4-2-1-3-5-21;2*1-19(21-7-9-23(10-8-21)22-5-3-2-4-6-22)34-29-24(18-33-34)12-26(32)13-27(29)28(35)11-20-14-31(15-20)16-25(17-31)30(36)37/h1-11,17,20,23H,12-16,18-19H2,(H,37,38);2*2-10,12-13,18-20,25H,11,14-17H2,1H3,(H,36,37). The lowest BCUT2D eigenvalue weighted by Gasteiger charge is -2.56. The van der Waals surface area contributed by atoms with Crippen molar-refractivity contribution < 1.29 is 48.8 Å². The first-order valence-electron chi connectivity index (χ1n) is 39.3. The molecule has 9 aromatic carbocycles. The molecule has 6 aliphatic carbocycles. The molecule has 3 aromatic heterocycles. The molecule has 0 radical (unpaired) electrons. The number of fused-ring (bicyclic) bond motifs is 3. The summed E-state index contributed by atoms with van der Waals surface area (Å²) < 4.78 is 11.6. The smallest absolute Gasteiger partial charge is 0.306 e. The predicted octanol–water partition coefficient (Wildman–Crippen LogP) is 21.5. The summed E-state index contributed by atoms with van der Waals surface area (Å²) in [4.78, 5) is 74.3. The Kier molecular flexibility index (Phi) is 20.1. The Bertz CT molecular complexity index is 5410. The number of carboxylic acid groups (broad SMARTS) is 3. The number of nitrogens with zero attached hydrogens (tertiary/aromatic N) is 6. The number of hydrogen-bond acceptors (Lipinski definition) is 10. The number of rotatable bonds is 21. The number of aliphatic carboxylic acids is 3. The molecule has 113 heavy (non-hydrogen) atoms. The highest BCUT2D eigenvalue weighted by atomic mass is 35.5. The van der Waals surface area contributed by atoms with Crippen LogP contribution >= 0.6 is 34.8 Å². The van der Waals surface area contributed by atoms with Gasteiger partial charge in [-0.1, -0.05) is 199 Å². The summed E-state index contributed by atoms with van der Waals surface area (Å²) >= 11 is 19.4. The number of carboxylic acids is 3. The van der Waals surface area contributed by atoms with Crippen molar-refractivity contribution in [1.82, 2.24) is 29.3 Å². The van der Waals surface area contributed by atoms with Gasteiger partial charge in [-0.15, -0.1) is 0 Å². The minimum Gasteiger partial charge on any atom is -0.481 e. The summed E-state index contributed by atoms with van der Waals surface area (Å²) in [6.45, 7) is 5.12. The molecule has 0 bridgehead atoms. The van der Waals surface area contributed by atoms with Crippen molar-refractivity contribution in [2.75, 3.05) is 13.2 Å². The van der Waals surface area contributed by atoms with Crippen LogP contribution in [0, 0.1) is 51.8 Å². The Balaban J connectivity index is 0.000000123. The van der Waals surface area contributed by atoms with E-state index >= 15 is 0 Å². The highest BCUT2D eigenvalue weighted by Crippen LogP contribution is 2.64. The summed E-state index contributed by atoms with van der Waals surface area (Å²) in [7, 11) is 0. The SMILES string of the molecule is CC(c1ccc(-c2ccccc2)cc1)n1ncc2cc(Cl)cc(C(=O)CC3CC4(C3)CC(C(=O)O)C4)c21.CC(c1ccc(-c2ccccc2)cc1)n1ncc2cc(Cl)cc(C(=O)CC3CC4(C3)CC(C(=O)O)C4)c21.O=C(CC1CC2(C1)CC(C(=O)O)C2)c1ccc(Cl)c2cnn(C3(c4ccc(-c5ccccc5)cc4)COC3)c12. The monoisotopic (exact) mass is 1560 g/mol. The van der Waals surface area contributed by atoms with E-state index in [-0.39, 0.29) is 63.4 Å². The van der Waals surface area contributed by atoms with Crippen molar-refractivity contribution in [3.8, 4) is 33.4 Å². The molecule has 7 aliphatic rings. The van der Waals surface area contributed by atoms with E-state index in [1.54, 1.807) is 36.8 Å². The van der Waals surface area contributed by atoms with Crippen LogP contribution in [0.5, 0.6) is 0 Å². The number of benzene rings is 9. The van der Waals surface area contributed by atoms with Crippen molar-refractivity contribution in [2.45, 2.75) is 128 Å². The van der Waals surface area contributed by atoms with E-state index in [4.69, 9.17) is 44.6 Å². The second kappa shape index (κ2) is 30.2. The molecule has 2 unspecified atom stereocenters. The Labute approximate surface area is 670 Å². The van der Waals surface area contributed by atoms with Gasteiger partial charge in [-0.2, -0.15) is 15.3 Å². The molecule has 3 spiro atoms. The number of ether oxygens (including phenoxy) is 1. The van der Waals surface area contributed by atoms with Gasteiger partial charge >= 0.3 is 17.9 Å². The molecule has 574 valence electrons. The Morgan fingerprint density at radius 2 is 0.752 bits per heavy atom. The van der Waals surface area contributed by atoms with Gasteiger partial charge in [-0.05, 0) is 211 Å². The fourth-order valence-electron chi connectivity index (χ4n) is 20.3. The summed E-state index contributed by atoms with van der Waals surface area (Å²) in [5.41, 5.74) is 14.4. The zero-order chi connectivity index (χ0) is 78.2. The lowest BCUT2D eigenvalue weighted by atomic mass is 9.47. The highest BCUT2D eigenvalue weighted by Gasteiger charge is 2.57. The van der Waals surface area contributed by atoms with E-state index in [2.05, 4.69) is 133 Å². The number of carbonyl (C=O) groups excluding carboxylic acids is 3. The first-order valence-corrected chi connectivity index (χ1v) is 40.5. The molecule has 0 amide bonds. The van der Waals surface area contributed by atoms with Crippen LogP contribution in [-0.2, 0) is 24.7 Å². The third-order valence-corrected chi connectivity index (χ3v) is 26.9. The van der Waals surface area contributed by atoms with Crippen LogP contribution in [0.1, 0.15) is 170 Å². The summed E-state index contributed by atoms with van der Waals surface area (Å²) in [5.74, 6) is -1.57. The maximum atomic E-state index is 13.7. The number of hydrogen-bond donors (Lipinski definition) is 3. The fraction of sp³-hybridized carbons (Fsp3) is 0.330. The molecule has 1 saturated heterocycles. The summed E-state index contributed by atoms with van der Waals surface area (Å²) in [5, 5.41) is 45.9. The van der Waals surface area contributed by atoms with Crippen LogP contribution in [0.3, 0.4) is 0 Å². The van der Waals surface area contributed by atoms with Crippen LogP contribution in [0.2, 0.25) is 15.1 Å². The van der Waals surface area contributed by atoms with E-state index in [9.17, 15) is 44.1 Å². The Hall–Kier alpha value is -10.4. The van der Waals surface area contributed by atoms with Gasteiger partial charge in [0.1, 0.15) is 5.54 Å². The Morgan fingerprint density at radius 1 is 0.407 bits per heavy atom. The predicted molar refractivity (Wildman–Crippen MR) is 439 cm³/mol. The van der Waals surface area contributed by atoms with E-state index in [1.165, 1.54) is 11.1 Å². The van der Waals surface area contributed by atoms with Gasteiger partial charge in [-0.25, -0.2) is 4.68 Å². The van der Waals surface area contributed by atoms with Gasteiger partial charge in [-0.3, -0.25) is 38.1 Å². The topological polar surface area (TPSA) is 226 Å². The molecule has 19 heteroatoms. The first-order chi connectivity index (χ1) is 54.5. The van der Waals surface area contributed by atoms with Crippen LogP contribution in [0.15, 0.2) is 219 Å². The third-order valence-electron chi connectivity index (χ3n) is 26.1. The molecule has 19 rings (SSSR count). The van der Waals surface area contributed by atoms with E-state index in [1.807, 2.05) is 86.8 Å². The number of Topliss-reactive ketones (excluding diaryl/α,β-unsaturated/α-hetero) is 3. The van der Waals surface area contributed by atoms with Gasteiger partial charge in [0.05, 0.1) is 83.2 Å². The molecule has 2 atom stereocenters. The number of halogens is 3. The number of aromatic nitrogens is 6. The second-order valence-corrected chi connectivity index (χ2v) is 35.0. The normalized spacial score (nSPS) is 24.0. The van der Waals surface area contributed by atoms with Gasteiger partial charge in [0.25, 0.3) is 0 Å². The molecule has 3 N–H and O–H groups in total. The molecule has 16 nitrogen and oxygen atoms in total. The highest BCUT2D eigenvalue weighted by molar-refractivity contribution is 6.36. The molecule has 7 fully saturated rings. The second-order valence-electron chi connectivity index (χ2n) is 33.7. The molecular formula is C94H87Cl3N6O10. The minimum absolute atomic E-state index is 0.0649. The van der Waals surface area contributed by atoms with Gasteiger partial charge in [0, 0.05) is 62.2 Å². The van der Waals surface area contributed by atoms with E-state index in [0.717, 1.165) is 149 Å². The maximum absolute atomic E-state index is 13.7. The van der Waals surface area contributed by atoms with Gasteiger partial charge in [0.2, 0.25) is 0 Å². The molecule has 1 aliphatic heterocycles. The number of carbonyl (C=O) groups is 6. The van der Waals surface area contributed by atoms with Crippen molar-refractivity contribution in [2.24, 2.45) is 51.8 Å². The number of ketones is 3. The van der Waals surface area contributed by atoms with Gasteiger partial charge in [0.15, 0.2) is 17.3 Å². The average Bonchev–Trinajstić information content (AvgIpc) is 1.69. The van der Waals surface area contributed by atoms with Gasteiger partial charge < -0.3 is 20.1 Å². The molecule has 6 saturated carbocycles. The van der Waals surface area contributed by atoms with Crippen molar-refractivity contribution in [3.05, 3.63) is 267 Å². The minimum atomic E-state index is -0.694. The van der Waals surface area contributed by atoms with E-state index < -0.39 is 23.4 Å². The molecule has 12 aromatic rings. The zero-order valence-electron chi connectivity index (χ0n) is 62.9. The largest absolute Gasteiger partial charge is 0.481 e.